The van der Waals surface area contributed by atoms with Gasteiger partial charge in [-0.1, -0.05) is 37.5 Å². The molecule has 1 aromatic carbocycles. The Hall–Kier alpha value is -2.12. The molecule has 1 saturated carbocycles. The van der Waals surface area contributed by atoms with Crippen molar-refractivity contribution in [1.29, 1.82) is 0 Å². The van der Waals surface area contributed by atoms with E-state index in [-0.39, 0.29) is 30.6 Å². The maximum absolute atomic E-state index is 12.4. The molecule has 1 aromatic rings. The fourth-order valence-electron chi connectivity index (χ4n) is 4.00. The molecule has 0 aromatic heterocycles. The molecule has 7 nitrogen and oxygen atoms in total. The molecule has 3 rings (SSSR count). The summed E-state index contributed by atoms with van der Waals surface area (Å²) in [6.07, 6.45) is 5.50. The van der Waals surface area contributed by atoms with Crippen molar-refractivity contribution in [2.24, 2.45) is 0 Å². The van der Waals surface area contributed by atoms with Gasteiger partial charge in [0.15, 0.2) is 0 Å². The number of benzene rings is 1. The molecule has 1 heterocycles. The molecule has 1 saturated heterocycles. The first-order valence-corrected chi connectivity index (χ1v) is 9.85. The van der Waals surface area contributed by atoms with Crippen LogP contribution in [0.5, 0.6) is 5.75 Å². The van der Waals surface area contributed by atoms with Gasteiger partial charge in [-0.15, -0.1) is 0 Å². The molecule has 0 spiro atoms. The largest absolute Gasteiger partial charge is 0.496 e. The van der Waals surface area contributed by atoms with E-state index in [0.717, 1.165) is 56.6 Å². The third-order valence-electron chi connectivity index (χ3n) is 5.39. The highest BCUT2D eigenvalue weighted by Crippen LogP contribution is 2.29. The number of carbonyl (C=O) groups excluding carboxylic acids is 2. The lowest BCUT2D eigenvalue weighted by Crippen LogP contribution is -2.52. The van der Waals surface area contributed by atoms with Crippen LogP contribution in [0.25, 0.3) is 0 Å². The molecule has 27 heavy (non-hydrogen) atoms. The molecular weight excluding hydrogens is 344 g/mol. The molecule has 2 fully saturated rings. The van der Waals surface area contributed by atoms with Gasteiger partial charge in [-0.05, 0) is 18.9 Å². The zero-order chi connectivity index (χ0) is 19.1. The number of hydrogen-bond acceptors (Lipinski definition) is 5. The predicted octanol–water partition coefficient (Wildman–Crippen LogP) is 1.80. The lowest BCUT2D eigenvalue weighted by Gasteiger charge is -2.36. The van der Waals surface area contributed by atoms with E-state index in [9.17, 15) is 9.59 Å². The van der Waals surface area contributed by atoms with Gasteiger partial charge in [0.1, 0.15) is 5.75 Å². The molecule has 3 amide bonds. The molecule has 0 radical (unpaired) electrons. The monoisotopic (exact) mass is 374 g/mol. The molecule has 1 atom stereocenters. The first-order valence-electron chi connectivity index (χ1n) is 9.85. The zero-order valence-corrected chi connectivity index (χ0v) is 16.0. The smallest absolute Gasteiger partial charge is 0.321 e. The average molecular weight is 374 g/mol. The number of carbonyl (C=O) groups is 2. The van der Waals surface area contributed by atoms with Crippen LogP contribution in [0, 0.1) is 0 Å². The summed E-state index contributed by atoms with van der Waals surface area (Å²) in [6.45, 7) is 2.47. The average Bonchev–Trinajstić information content (AvgIpc) is 2.69. The Morgan fingerprint density at radius 3 is 2.78 bits per heavy atom. The van der Waals surface area contributed by atoms with Crippen molar-refractivity contribution >= 4 is 11.9 Å². The molecule has 1 unspecified atom stereocenters. The van der Waals surface area contributed by atoms with Crippen LogP contribution in [-0.2, 0) is 4.79 Å². The van der Waals surface area contributed by atoms with Crippen LogP contribution < -0.4 is 20.7 Å². The summed E-state index contributed by atoms with van der Waals surface area (Å²) in [5.41, 5.74) is 1.05. The molecular formula is C20H30N4O3. The molecule has 2 aliphatic rings. The van der Waals surface area contributed by atoms with E-state index in [1.807, 2.05) is 24.3 Å². The van der Waals surface area contributed by atoms with Crippen molar-refractivity contribution in [3.8, 4) is 5.75 Å². The number of ether oxygens (including phenoxy) is 1. The second-order valence-electron chi connectivity index (χ2n) is 7.29. The quantitative estimate of drug-likeness (QED) is 0.732. The van der Waals surface area contributed by atoms with Crippen LogP contribution in [0.15, 0.2) is 24.3 Å². The van der Waals surface area contributed by atoms with E-state index in [1.165, 1.54) is 6.42 Å². The number of hydrogen-bond donors (Lipinski definition) is 3. The second-order valence-corrected chi connectivity index (χ2v) is 7.29. The van der Waals surface area contributed by atoms with E-state index in [2.05, 4.69) is 20.9 Å². The number of amides is 3. The van der Waals surface area contributed by atoms with Gasteiger partial charge >= 0.3 is 6.03 Å². The van der Waals surface area contributed by atoms with Crippen molar-refractivity contribution in [1.82, 2.24) is 20.9 Å². The number of methoxy groups -OCH3 is 1. The SMILES string of the molecule is COc1ccccc1C1CNCCN1CC(=O)NC(=O)NC1CCCCC1. The lowest BCUT2D eigenvalue weighted by molar-refractivity contribution is -0.122. The molecule has 3 N–H and O–H groups in total. The minimum Gasteiger partial charge on any atom is -0.496 e. The summed E-state index contributed by atoms with van der Waals surface area (Å²) in [4.78, 5) is 26.6. The molecule has 1 aliphatic heterocycles. The maximum atomic E-state index is 12.4. The normalized spacial score (nSPS) is 21.4. The summed E-state index contributed by atoms with van der Waals surface area (Å²) >= 11 is 0. The van der Waals surface area contributed by atoms with Crippen LogP contribution in [-0.4, -0.2) is 56.2 Å². The fraction of sp³-hybridized carbons (Fsp3) is 0.600. The van der Waals surface area contributed by atoms with Crippen LogP contribution >= 0.6 is 0 Å². The van der Waals surface area contributed by atoms with Crippen LogP contribution in [0.3, 0.4) is 0 Å². The summed E-state index contributed by atoms with van der Waals surface area (Å²) in [6, 6.07) is 7.70. The Labute approximate surface area is 160 Å². The van der Waals surface area contributed by atoms with Gasteiger partial charge in [-0.2, -0.15) is 0 Å². The van der Waals surface area contributed by atoms with Gasteiger partial charge in [-0.25, -0.2) is 4.79 Å². The molecule has 1 aliphatic carbocycles. The number of nitrogens with zero attached hydrogens (tertiary/aromatic N) is 1. The van der Waals surface area contributed by atoms with Gasteiger partial charge in [0.2, 0.25) is 5.91 Å². The summed E-state index contributed by atoms with van der Waals surface area (Å²) in [5.74, 6) is 0.539. The first-order chi connectivity index (χ1) is 13.2. The maximum Gasteiger partial charge on any atom is 0.321 e. The summed E-state index contributed by atoms with van der Waals surface area (Å²) < 4.78 is 5.48. The second kappa shape index (κ2) is 9.71. The molecule has 7 heteroatoms. The van der Waals surface area contributed by atoms with Crippen LogP contribution in [0.1, 0.15) is 43.7 Å². The van der Waals surface area contributed by atoms with E-state index < -0.39 is 0 Å². The molecule has 0 bridgehead atoms. The highest BCUT2D eigenvalue weighted by Gasteiger charge is 2.28. The first kappa shape index (κ1) is 19.6. The zero-order valence-electron chi connectivity index (χ0n) is 16.0. The minimum absolute atomic E-state index is 0.0297. The number of para-hydroxylation sites is 1. The number of piperazine rings is 1. The topological polar surface area (TPSA) is 82.7 Å². The Morgan fingerprint density at radius 2 is 2.00 bits per heavy atom. The highest BCUT2D eigenvalue weighted by molar-refractivity contribution is 5.95. The number of imide groups is 1. The van der Waals surface area contributed by atoms with E-state index in [4.69, 9.17) is 4.74 Å². The Balaban J connectivity index is 1.57. The Bertz CT molecular complexity index is 646. The van der Waals surface area contributed by atoms with Crippen LogP contribution in [0.4, 0.5) is 4.79 Å². The highest BCUT2D eigenvalue weighted by atomic mass is 16.5. The lowest BCUT2D eigenvalue weighted by atomic mass is 9.96. The Morgan fingerprint density at radius 1 is 1.22 bits per heavy atom. The van der Waals surface area contributed by atoms with Crippen molar-refractivity contribution in [3.63, 3.8) is 0 Å². The van der Waals surface area contributed by atoms with Gasteiger partial charge in [0.25, 0.3) is 0 Å². The van der Waals surface area contributed by atoms with E-state index >= 15 is 0 Å². The minimum atomic E-state index is -0.379. The Kier molecular flexibility index (Phi) is 7.06. The number of urea groups is 1. The summed E-state index contributed by atoms with van der Waals surface area (Å²) in [7, 11) is 1.65. The third kappa shape index (κ3) is 5.43. The predicted molar refractivity (Wildman–Crippen MR) is 104 cm³/mol. The van der Waals surface area contributed by atoms with Gasteiger partial charge < -0.3 is 15.4 Å². The van der Waals surface area contributed by atoms with Gasteiger partial charge in [0.05, 0.1) is 19.7 Å². The van der Waals surface area contributed by atoms with E-state index in [0.29, 0.717) is 0 Å². The van der Waals surface area contributed by atoms with Gasteiger partial charge in [0, 0.05) is 31.2 Å². The van der Waals surface area contributed by atoms with Crippen molar-refractivity contribution in [2.45, 2.75) is 44.2 Å². The van der Waals surface area contributed by atoms with Gasteiger partial charge in [-0.3, -0.25) is 15.0 Å². The van der Waals surface area contributed by atoms with Crippen molar-refractivity contribution < 1.29 is 14.3 Å². The van der Waals surface area contributed by atoms with E-state index in [1.54, 1.807) is 7.11 Å². The number of nitrogens with one attached hydrogen (secondary N) is 3. The van der Waals surface area contributed by atoms with Crippen LogP contribution in [0.2, 0.25) is 0 Å². The van der Waals surface area contributed by atoms with Crippen molar-refractivity contribution in [3.05, 3.63) is 29.8 Å². The number of rotatable bonds is 5. The third-order valence-corrected chi connectivity index (χ3v) is 5.39. The molecule has 148 valence electrons. The fourth-order valence-corrected chi connectivity index (χ4v) is 4.00. The summed E-state index contributed by atoms with van der Waals surface area (Å²) in [5, 5.41) is 8.79. The van der Waals surface area contributed by atoms with Crippen molar-refractivity contribution in [2.75, 3.05) is 33.3 Å². The standard InChI is InChI=1S/C20H30N4O3/c1-27-18-10-6-5-9-16(18)17-13-21-11-12-24(17)14-19(25)23-20(26)22-15-7-3-2-4-8-15/h5-6,9-10,15,17,21H,2-4,7-8,11-14H2,1H3,(H2,22,23,25,26).